The van der Waals surface area contributed by atoms with Gasteiger partial charge in [-0.1, -0.05) is 12.1 Å². The Morgan fingerprint density at radius 1 is 1.44 bits per heavy atom. The Bertz CT molecular complexity index is 760. The monoisotopic (exact) mass is 363 g/mol. The van der Waals surface area contributed by atoms with E-state index in [1.807, 2.05) is 24.4 Å². The first-order chi connectivity index (χ1) is 12.0. The van der Waals surface area contributed by atoms with Gasteiger partial charge < -0.3 is 26.2 Å². The van der Waals surface area contributed by atoms with Crippen LogP contribution in [-0.4, -0.2) is 48.8 Å². The number of thiazole rings is 1. The first-order valence-electron chi connectivity index (χ1n) is 7.57. The predicted octanol–water partition coefficient (Wildman–Crippen LogP) is 1.42. The van der Waals surface area contributed by atoms with Crippen molar-refractivity contribution < 1.29 is 14.6 Å². The number of aliphatic hydroxyl groups excluding tert-OH is 1. The van der Waals surface area contributed by atoms with E-state index in [4.69, 9.17) is 15.6 Å². The summed E-state index contributed by atoms with van der Waals surface area (Å²) in [6.07, 6.45) is 0. The number of hydrogen-bond acceptors (Lipinski definition) is 6. The number of amides is 1. The van der Waals surface area contributed by atoms with Gasteiger partial charge in [-0.3, -0.25) is 9.79 Å². The number of benzene rings is 1. The fourth-order valence-corrected chi connectivity index (χ4v) is 2.82. The van der Waals surface area contributed by atoms with Crippen molar-refractivity contribution in [3.05, 3.63) is 29.1 Å². The molecule has 0 aliphatic heterocycles. The molecule has 5 N–H and O–H groups in total. The lowest BCUT2D eigenvalue weighted by Gasteiger charge is -2.10. The maximum atomic E-state index is 11.4. The van der Waals surface area contributed by atoms with Gasteiger partial charge in [-0.05, 0) is 18.6 Å². The van der Waals surface area contributed by atoms with Crippen LogP contribution in [0.4, 0.5) is 10.8 Å². The van der Waals surface area contributed by atoms with Gasteiger partial charge in [0, 0.05) is 23.7 Å². The van der Waals surface area contributed by atoms with Crippen molar-refractivity contribution in [3.8, 4) is 11.3 Å². The van der Waals surface area contributed by atoms with Crippen LogP contribution in [0.25, 0.3) is 11.3 Å². The maximum Gasteiger partial charge on any atom is 0.250 e. The zero-order valence-corrected chi connectivity index (χ0v) is 14.9. The van der Waals surface area contributed by atoms with Crippen LogP contribution in [-0.2, 0) is 9.53 Å². The summed E-state index contributed by atoms with van der Waals surface area (Å²) in [5, 5.41) is 17.0. The minimum absolute atomic E-state index is 0.277. The smallest absolute Gasteiger partial charge is 0.250 e. The molecule has 1 amide bonds. The number of aromatic nitrogens is 1. The van der Waals surface area contributed by atoms with Gasteiger partial charge in [0.25, 0.3) is 0 Å². The average molecular weight is 363 g/mol. The van der Waals surface area contributed by atoms with Crippen molar-refractivity contribution in [2.75, 3.05) is 37.5 Å². The quantitative estimate of drug-likeness (QED) is 0.335. The number of nitrogens with one attached hydrogen (secondary N) is 2. The number of ether oxygens (including phenoxy) is 1. The van der Waals surface area contributed by atoms with Crippen molar-refractivity contribution in [2.24, 2.45) is 10.7 Å². The fourth-order valence-electron chi connectivity index (χ4n) is 2.10. The lowest BCUT2D eigenvalue weighted by molar-refractivity contribution is -0.118. The van der Waals surface area contributed by atoms with Crippen LogP contribution in [0, 0.1) is 6.92 Å². The molecular weight excluding hydrogens is 342 g/mol. The molecule has 1 aromatic heterocycles. The third-order valence-electron chi connectivity index (χ3n) is 3.34. The molecule has 0 spiro atoms. The molecule has 25 heavy (non-hydrogen) atoms. The number of anilines is 2. The van der Waals surface area contributed by atoms with Crippen molar-refractivity contribution in [3.63, 3.8) is 0 Å². The van der Waals surface area contributed by atoms with E-state index in [1.165, 1.54) is 11.3 Å². The van der Waals surface area contributed by atoms with Crippen LogP contribution in [0.3, 0.4) is 0 Å². The van der Waals surface area contributed by atoms with E-state index in [0.717, 1.165) is 16.8 Å². The number of rotatable bonds is 7. The normalized spacial score (nSPS) is 11.4. The van der Waals surface area contributed by atoms with Crippen LogP contribution in [0.2, 0.25) is 0 Å². The van der Waals surface area contributed by atoms with E-state index in [9.17, 15) is 4.79 Å². The molecule has 0 unspecified atom stereocenters. The molecule has 0 radical (unpaired) electrons. The van der Waals surface area contributed by atoms with Crippen molar-refractivity contribution in [1.82, 2.24) is 4.98 Å². The average Bonchev–Trinajstić information content (AvgIpc) is 3.05. The van der Waals surface area contributed by atoms with Crippen molar-refractivity contribution in [2.45, 2.75) is 6.92 Å². The summed E-state index contributed by atoms with van der Waals surface area (Å²) in [6, 6.07) is 5.51. The summed E-state index contributed by atoms with van der Waals surface area (Å²) < 4.78 is 4.92. The number of nitrogens with zero attached hydrogens (tertiary/aromatic N) is 2. The van der Waals surface area contributed by atoms with Gasteiger partial charge in [-0.25, -0.2) is 4.98 Å². The topological polar surface area (TPSA) is 122 Å². The Morgan fingerprint density at radius 3 is 2.96 bits per heavy atom. The van der Waals surface area contributed by atoms with Gasteiger partial charge in [0.1, 0.15) is 6.61 Å². The second-order valence-electron chi connectivity index (χ2n) is 5.11. The lowest BCUT2D eigenvalue weighted by atomic mass is 10.0. The maximum absolute atomic E-state index is 11.4. The number of aliphatic imine (C=N–C) groups is 1. The number of nitrogens with two attached hydrogens (primary N) is 1. The summed E-state index contributed by atoms with van der Waals surface area (Å²) in [5.41, 5.74) is 8.94. The van der Waals surface area contributed by atoms with Crippen LogP contribution in [0.1, 0.15) is 5.56 Å². The van der Waals surface area contributed by atoms with Gasteiger partial charge in [0.05, 0.1) is 18.8 Å². The van der Waals surface area contributed by atoms with Crippen molar-refractivity contribution >= 4 is 34.0 Å². The zero-order valence-electron chi connectivity index (χ0n) is 14.1. The molecule has 2 aromatic rings. The van der Waals surface area contributed by atoms with E-state index in [0.29, 0.717) is 24.0 Å². The Kier molecular flexibility index (Phi) is 6.87. The molecule has 1 heterocycles. The third-order valence-corrected chi connectivity index (χ3v) is 4.10. The highest BCUT2D eigenvalue weighted by atomic mass is 32.1. The van der Waals surface area contributed by atoms with Gasteiger partial charge in [-0.15, -0.1) is 11.3 Å². The Labute approximate surface area is 149 Å². The van der Waals surface area contributed by atoms with E-state index in [-0.39, 0.29) is 5.96 Å². The largest absolute Gasteiger partial charge is 0.387 e. The third kappa shape index (κ3) is 5.24. The number of carbonyl (C=O) groups is 1. The van der Waals surface area contributed by atoms with Crippen LogP contribution < -0.4 is 16.4 Å². The Balaban J connectivity index is 2.15. The molecule has 9 heteroatoms. The summed E-state index contributed by atoms with van der Waals surface area (Å²) in [5.74, 6) is -0.181. The molecular formula is C16H21N5O3S. The van der Waals surface area contributed by atoms with Gasteiger partial charge in [0.2, 0.25) is 5.91 Å². The molecule has 2 rings (SSSR count). The molecule has 0 aliphatic rings. The lowest BCUT2D eigenvalue weighted by Crippen LogP contribution is -2.23. The summed E-state index contributed by atoms with van der Waals surface area (Å²) in [6.45, 7) is 2.29. The molecule has 0 aliphatic carbocycles. The molecule has 0 atom stereocenters. The predicted molar refractivity (Wildman–Crippen MR) is 100.0 cm³/mol. The molecule has 0 bridgehead atoms. The molecule has 1 aromatic carbocycles. The van der Waals surface area contributed by atoms with E-state index in [2.05, 4.69) is 20.6 Å². The molecule has 0 saturated heterocycles. The summed E-state index contributed by atoms with van der Waals surface area (Å²) >= 11 is 1.40. The van der Waals surface area contributed by atoms with E-state index in [1.54, 1.807) is 13.2 Å². The second kappa shape index (κ2) is 9.11. The zero-order chi connectivity index (χ0) is 18.2. The minimum Gasteiger partial charge on any atom is -0.387 e. The molecule has 8 nitrogen and oxygen atoms in total. The Hall–Kier alpha value is -2.49. The number of carbonyl (C=O) groups excluding carboxylic acids is 1. The highest BCUT2D eigenvalue weighted by Gasteiger charge is 2.11. The SMILES string of the molecule is COCCN=C(N)Nc1nc(-c2cccc(NC(=O)CO)c2C)cs1. The van der Waals surface area contributed by atoms with E-state index >= 15 is 0 Å². The standard InChI is InChI=1S/C16H21N5O3S/c1-10-11(4-3-5-12(10)19-14(23)8-22)13-9-25-16(20-13)21-15(17)18-6-7-24-2/h3-5,9,22H,6-8H2,1-2H3,(H,19,23)(H3,17,18,20,21). The first kappa shape index (κ1) is 18.8. The molecule has 0 fully saturated rings. The van der Waals surface area contributed by atoms with Crippen LogP contribution >= 0.6 is 11.3 Å². The minimum atomic E-state index is -0.559. The summed E-state index contributed by atoms with van der Waals surface area (Å²) in [4.78, 5) is 20.0. The second-order valence-corrected chi connectivity index (χ2v) is 5.97. The summed E-state index contributed by atoms with van der Waals surface area (Å²) in [7, 11) is 1.60. The first-order valence-corrected chi connectivity index (χ1v) is 8.45. The van der Waals surface area contributed by atoms with Crippen LogP contribution in [0.5, 0.6) is 0 Å². The molecule has 134 valence electrons. The number of guanidine groups is 1. The van der Waals surface area contributed by atoms with Crippen LogP contribution in [0.15, 0.2) is 28.6 Å². The number of methoxy groups -OCH3 is 1. The number of hydrogen-bond donors (Lipinski definition) is 4. The Morgan fingerprint density at radius 2 is 2.24 bits per heavy atom. The fraction of sp³-hybridized carbons (Fsp3) is 0.312. The van der Waals surface area contributed by atoms with Gasteiger partial charge in [-0.2, -0.15) is 0 Å². The van der Waals surface area contributed by atoms with Gasteiger partial charge >= 0.3 is 0 Å². The van der Waals surface area contributed by atoms with Crippen molar-refractivity contribution in [1.29, 1.82) is 0 Å². The van der Waals surface area contributed by atoms with Gasteiger partial charge in [0.15, 0.2) is 11.1 Å². The number of aliphatic hydroxyl groups is 1. The highest BCUT2D eigenvalue weighted by molar-refractivity contribution is 7.14. The molecule has 0 saturated carbocycles. The van der Waals surface area contributed by atoms with E-state index < -0.39 is 12.5 Å². The highest BCUT2D eigenvalue weighted by Crippen LogP contribution is 2.30.